The fraction of sp³-hybridized carbons (Fsp3) is 0.750. The van der Waals surface area contributed by atoms with Gasteiger partial charge in [-0.05, 0) is 45.1 Å². The highest BCUT2D eigenvalue weighted by atomic mass is 16.3. The minimum atomic E-state index is 0.199. The number of hydrogen-bond donors (Lipinski definition) is 1. The van der Waals surface area contributed by atoms with E-state index in [4.69, 9.17) is 4.42 Å². The molecule has 1 atom stereocenters. The predicted octanol–water partition coefficient (Wildman–Crippen LogP) is 3.31. The molecule has 1 N–H and O–H groups in total. The van der Waals surface area contributed by atoms with Crippen molar-refractivity contribution < 1.29 is 4.42 Å². The van der Waals surface area contributed by atoms with E-state index in [-0.39, 0.29) is 5.54 Å². The molecule has 0 aromatic carbocycles. The van der Waals surface area contributed by atoms with Gasteiger partial charge in [0.2, 0.25) is 0 Å². The van der Waals surface area contributed by atoms with Crippen molar-refractivity contribution in [2.75, 3.05) is 20.1 Å². The van der Waals surface area contributed by atoms with Gasteiger partial charge in [-0.2, -0.15) is 0 Å². The van der Waals surface area contributed by atoms with E-state index in [1.54, 1.807) is 6.26 Å². The van der Waals surface area contributed by atoms with Gasteiger partial charge in [0, 0.05) is 18.0 Å². The van der Waals surface area contributed by atoms with Gasteiger partial charge in [-0.1, -0.05) is 27.7 Å². The smallest absolute Gasteiger partial charge is 0.105 e. The Bertz CT molecular complexity index is 327. The van der Waals surface area contributed by atoms with Crippen LogP contribution < -0.4 is 5.32 Å². The van der Waals surface area contributed by atoms with Gasteiger partial charge in [0.15, 0.2) is 0 Å². The number of likely N-dealkylation sites (N-methyl/N-ethyl adjacent to an activating group) is 2. The van der Waals surface area contributed by atoms with Gasteiger partial charge >= 0.3 is 0 Å². The molecule has 3 nitrogen and oxygen atoms in total. The van der Waals surface area contributed by atoms with Crippen LogP contribution in [0.2, 0.25) is 0 Å². The molecule has 1 aromatic heterocycles. The second-order valence-electron chi connectivity index (χ2n) is 5.11. The number of rotatable bonds is 9. The summed E-state index contributed by atoms with van der Waals surface area (Å²) in [6, 6.07) is 4.45. The van der Waals surface area contributed by atoms with E-state index in [1.165, 1.54) is 0 Å². The molecule has 1 heterocycles. The van der Waals surface area contributed by atoms with Crippen molar-refractivity contribution in [2.24, 2.45) is 0 Å². The molecule has 0 fully saturated rings. The Morgan fingerprint density at radius 2 is 1.84 bits per heavy atom. The van der Waals surface area contributed by atoms with Crippen molar-refractivity contribution >= 4 is 0 Å². The van der Waals surface area contributed by atoms with Crippen molar-refractivity contribution in [2.45, 2.75) is 58.5 Å². The third-order valence-corrected chi connectivity index (χ3v) is 4.60. The minimum absolute atomic E-state index is 0.199. The number of nitrogens with one attached hydrogen (secondary N) is 1. The lowest BCUT2D eigenvalue weighted by molar-refractivity contribution is 0.0502. The first-order valence-electron chi connectivity index (χ1n) is 7.63. The summed E-state index contributed by atoms with van der Waals surface area (Å²) in [6.07, 6.45) is 5.01. The largest absolute Gasteiger partial charge is 0.469 e. The van der Waals surface area contributed by atoms with Crippen LogP contribution in [0.25, 0.3) is 0 Å². The van der Waals surface area contributed by atoms with E-state index in [2.05, 4.69) is 51.0 Å². The van der Waals surface area contributed by atoms with Crippen molar-refractivity contribution in [1.29, 1.82) is 0 Å². The highest BCUT2D eigenvalue weighted by molar-refractivity contribution is 5.07. The van der Waals surface area contributed by atoms with Gasteiger partial charge in [-0.25, -0.2) is 0 Å². The summed E-state index contributed by atoms with van der Waals surface area (Å²) >= 11 is 0. The number of furan rings is 1. The Morgan fingerprint density at radius 3 is 2.21 bits per heavy atom. The molecule has 0 amide bonds. The maximum absolute atomic E-state index is 5.54. The number of nitrogens with zero attached hydrogens (tertiary/aromatic N) is 1. The van der Waals surface area contributed by atoms with Crippen LogP contribution in [-0.4, -0.2) is 36.6 Å². The highest BCUT2D eigenvalue weighted by Gasteiger charge is 2.39. The molecule has 19 heavy (non-hydrogen) atoms. The van der Waals surface area contributed by atoms with E-state index in [1.807, 2.05) is 6.07 Å². The maximum Gasteiger partial charge on any atom is 0.105 e. The summed E-state index contributed by atoms with van der Waals surface area (Å²) in [5, 5.41) is 3.53. The quantitative estimate of drug-likeness (QED) is 0.743. The fourth-order valence-corrected chi connectivity index (χ4v) is 3.45. The lowest BCUT2D eigenvalue weighted by atomic mass is 9.80. The molecule has 0 radical (unpaired) electrons. The third-order valence-electron chi connectivity index (χ3n) is 4.60. The second-order valence-corrected chi connectivity index (χ2v) is 5.11. The standard InChI is InChI=1S/C16H30N2O/c1-6-16(7-2,18(8-3)9-4)15(17-5)13-14-11-10-12-19-14/h10-12,15,17H,6-9,13H2,1-5H3. The Kier molecular flexibility index (Phi) is 6.59. The van der Waals surface area contributed by atoms with Gasteiger partial charge in [-0.3, -0.25) is 4.90 Å². The molecule has 0 saturated carbocycles. The first-order chi connectivity index (χ1) is 9.18. The molecule has 0 aliphatic rings. The molecule has 1 unspecified atom stereocenters. The minimum Gasteiger partial charge on any atom is -0.469 e. The van der Waals surface area contributed by atoms with Crippen molar-refractivity contribution in [3.8, 4) is 0 Å². The summed E-state index contributed by atoms with van der Waals surface area (Å²) in [6.45, 7) is 11.3. The summed E-state index contributed by atoms with van der Waals surface area (Å²) in [4.78, 5) is 2.59. The van der Waals surface area contributed by atoms with Gasteiger partial charge < -0.3 is 9.73 Å². The maximum atomic E-state index is 5.54. The van der Waals surface area contributed by atoms with Crippen molar-refractivity contribution in [3.63, 3.8) is 0 Å². The van der Waals surface area contributed by atoms with Crippen molar-refractivity contribution in [1.82, 2.24) is 10.2 Å². The Hall–Kier alpha value is -0.800. The van der Waals surface area contributed by atoms with Gasteiger partial charge in [0.1, 0.15) is 5.76 Å². The van der Waals surface area contributed by atoms with Crippen molar-refractivity contribution in [3.05, 3.63) is 24.2 Å². The average molecular weight is 266 g/mol. The van der Waals surface area contributed by atoms with Crippen LogP contribution in [-0.2, 0) is 6.42 Å². The first-order valence-corrected chi connectivity index (χ1v) is 7.63. The SMILES string of the molecule is CCN(CC)C(CC)(CC)C(Cc1ccco1)NC. The second kappa shape index (κ2) is 7.71. The van der Waals surface area contributed by atoms with Crippen LogP contribution >= 0.6 is 0 Å². The molecule has 1 rings (SSSR count). The van der Waals surface area contributed by atoms with E-state index in [0.717, 1.165) is 38.1 Å². The zero-order valence-electron chi connectivity index (χ0n) is 13.2. The van der Waals surface area contributed by atoms with E-state index >= 15 is 0 Å². The van der Waals surface area contributed by atoms with Gasteiger partial charge in [0.25, 0.3) is 0 Å². The van der Waals surface area contributed by atoms with Crippen LogP contribution in [0.15, 0.2) is 22.8 Å². The Morgan fingerprint density at radius 1 is 1.21 bits per heavy atom. The summed E-state index contributed by atoms with van der Waals surface area (Å²) in [5.74, 6) is 1.07. The Balaban J connectivity index is 2.98. The molecule has 0 spiro atoms. The fourth-order valence-electron chi connectivity index (χ4n) is 3.45. The molecule has 0 bridgehead atoms. The van der Waals surface area contributed by atoms with Crippen LogP contribution in [0.1, 0.15) is 46.3 Å². The molecule has 0 saturated heterocycles. The monoisotopic (exact) mass is 266 g/mol. The zero-order chi connectivity index (χ0) is 14.3. The highest BCUT2D eigenvalue weighted by Crippen LogP contribution is 2.30. The summed E-state index contributed by atoms with van der Waals surface area (Å²) in [5.41, 5.74) is 0.199. The predicted molar refractivity (Wildman–Crippen MR) is 81.5 cm³/mol. The molecular formula is C16H30N2O. The number of hydrogen-bond acceptors (Lipinski definition) is 3. The van der Waals surface area contributed by atoms with Crippen LogP contribution in [0.4, 0.5) is 0 Å². The molecular weight excluding hydrogens is 236 g/mol. The average Bonchev–Trinajstić information content (AvgIpc) is 2.95. The van der Waals surface area contributed by atoms with E-state index < -0.39 is 0 Å². The van der Waals surface area contributed by atoms with Crippen LogP contribution in [0.3, 0.4) is 0 Å². The first kappa shape index (κ1) is 16.3. The topological polar surface area (TPSA) is 28.4 Å². The molecule has 3 heteroatoms. The van der Waals surface area contributed by atoms with E-state index in [9.17, 15) is 0 Å². The van der Waals surface area contributed by atoms with Gasteiger partial charge in [0.05, 0.1) is 6.26 Å². The molecule has 1 aromatic rings. The summed E-state index contributed by atoms with van der Waals surface area (Å²) in [7, 11) is 2.07. The summed E-state index contributed by atoms with van der Waals surface area (Å²) < 4.78 is 5.54. The van der Waals surface area contributed by atoms with Crippen LogP contribution in [0.5, 0.6) is 0 Å². The van der Waals surface area contributed by atoms with Crippen LogP contribution in [0, 0.1) is 0 Å². The normalized spacial score (nSPS) is 14.0. The molecule has 110 valence electrons. The van der Waals surface area contributed by atoms with Gasteiger partial charge in [-0.15, -0.1) is 0 Å². The molecule has 0 aliphatic carbocycles. The zero-order valence-corrected chi connectivity index (χ0v) is 13.2. The Labute approximate surface area is 118 Å². The lowest BCUT2D eigenvalue weighted by Gasteiger charge is -2.47. The van der Waals surface area contributed by atoms with E-state index in [0.29, 0.717) is 6.04 Å². The third kappa shape index (κ3) is 3.40. The lowest BCUT2D eigenvalue weighted by Crippen LogP contribution is -2.61. The molecule has 0 aliphatic heterocycles.